The van der Waals surface area contributed by atoms with E-state index in [1.807, 2.05) is 31.2 Å². The quantitative estimate of drug-likeness (QED) is 0.270. The monoisotopic (exact) mass is 455 g/mol. The fourth-order valence-corrected chi connectivity index (χ4v) is 3.36. The van der Waals surface area contributed by atoms with Gasteiger partial charge in [0.25, 0.3) is 11.6 Å². The Kier molecular flexibility index (Phi) is 5.91. The lowest BCUT2D eigenvalue weighted by Gasteiger charge is -2.18. The summed E-state index contributed by atoms with van der Waals surface area (Å²) in [6.45, 7) is 2.02. The number of nitrogens with two attached hydrogens (primary N) is 1. The number of hydrogen-bond donors (Lipinski definition) is 4. The van der Waals surface area contributed by atoms with Crippen molar-refractivity contribution in [2.24, 2.45) is 10.7 Å². The number of allylic oxidation sites excluding steroid dienone is 2. The van der Waals surface area contributed by atoms with Crippen molar-refractivity contribution in [3.63, 3.8) is 0 Å². The molecular weight excluding hydrogens is 433 g/mol. The van der Waals surface area contributed by atoms with E-state index in [-0.39, 0.29) is 18.3 Å². The van der Waals surface area contributed by atoms with Crippen LogP contribution in [0.2, 0.25) is 0 Å². The van der Waals surface area contributed by atoms with E-state index >= 15 is 0 Å². The molecule has 0 saturated heterocycles. The van der Waals surface area contributed by atoms with E-state index in [2.05, 4.69) is 20.6 Å². The van der Waals surface area contributed by atoms with Crippen LogP contribution in [0.5, 0.6) is 0 Å². The van der Waals surface area contributed by atoms with Gasteiger partial charge < -0.3 is 16.4 Å². The molecule has 0 spiro atoms. The molecule has 0 saturated carbocycles. The second-order valence-corrected chi connectivity index (χ2v) is 7.57. The third-order valence-electron chi connectivity index (χ3n) is 5.24. The highest BCUT2D eigenvalue weighted by Gasteiger charge is 2.33. The fourth-order valence-electron chi connectivity index (χ4n) is 3.36. The first-order chi connectivity index (χ1) is 15.7. The van der Waals surface area contributed by atoms with Crippen molar-refractivity contribution in [2.45, 2.75) is 19.1 Å². The summed E-state index contributed by atoms with van der Waals surface area (Å²) in [4.78, 5) is 20.2. The zero-order chi connectivity index (χ0) is 23.6. The van der Waals surface area contributed by atoms with E-state index in [1.165, 1.54) is 6.08 Å². The summed E-state index contributed by atoms with van der Waals surface area (Å²) < 4.78 is 39.8. The molecule has 1 atom stereocenters. The summed E-state index contributed by atoms with van der Waals surface area (Å²) in [5, 5.41) is 5.56. The summed E-state index contributed by atoms with van der Waals surface area (Å²) >= 11 is 0. The van der Waals surface area contributed by atoms with Crippen LogP contribution < -0.4 is 20.8 Å². The number of nitrogens with zero attached hydrogens (tertiary/aromatic N) is 2. The van der Waals surface area contributed by atoms with Crippen LogP contribution in [-0.4, -0.2) is 35.5 Å². The van der Waals surface area contributed by atoms with Crippen LogP contribution in [0.4, 0.5) is 18.9 Å². The van der Waals surface area contributed by atoms with Crippen LogP contribution in [0, 0.1) is 6.92 Å². The van der Waals surface area contributed by atoms with Crippen molar-refractivity contribution in [3.05, 3.63) is 89.5 Å². The number of aliphatic imine (C=N–C) groups is 1. The Balaban J connectivity index is 1.46. The minimum absolute atomic E-state index is 0.158. The molecule has 1 aliphatic rings. The predicted molar refractivity (Wildman–Crippen MR) is 119 cm³/mol. The molecule has 0 radical (unpaired) electrons. The number of halogens is 3. The highest BCUT2D eigenvalue weighted by Crippen LogP contribution is 2.27. The highest BCUT2D eigenvalue weighted by molar-refractivity contribution is 6.04. The highest BCUT2D eigenvalue weighted by atomic mass is 19.4. The number of nitrogens with one attached hydrogen (secondary N) is 3. The first kappa shape index (κ1) is 22.1. The van der Waals surface area contributed by atoms with E-state index in [1.54, 1.807) is 28.9 Å². The molecule has 0 bridgehead atoms. The zero-order valence-corrected chi connectivity index (χ0v) is 17.6. The number of amidine groups is 1. The predicted octanol–water partition coefficient (Wildman–Crippen LogP) is 2.99. The van der Waals surface area contributed by atoms with Gasteiger partial charge in [-0.25, -0.2) is 4.98 Å². The average Bonchev–Trinajstić information content (AvgIpc) is 3.23. The minimum Gasteiger partial charge on any atom is -0.384 e. The van der Waals surface area contributed by atoms with Gasteiger partial charge in [-0.2, -0.15) is 17.6 Å². The first-order valence-corrected chi connectivity index (χ1v) is 10.1. The number of pyridine rings is 1. The van der Waals surface area contributed by atoms with Crippen LogP contribution >= 0.6 is 0 Å². The smallest absolute Gasteiger partial charge is 0.384 e. The van der Waals surface area contributed by atoms with Gasteiger partial charge >= 0.3 is 6.18 Å². The SMILES string of the molecule is Cc1ccc(C(N)=NCC2C=CC(C(F)(F)F)=CN2)cc1NC(=O)c1c[nH]c2cccc[n+]12. The molecule has 3 aromatic rings. The van der Waals surface area contributed by atoms with E-state index < -0.39 is 17.8 Å². The molecule has 10 heteroatoms. The third kappa shape index (κ3) is 4.89. The zero-order valence-electron chi connectivity index (χ0n) is 17.6. The molecule has 7 nitrogen and oxygen atoms in total. The molecule has 1 amide bonds. The molecule has 2 aromatic heterocycles. The van der Waals surface area contributed by atoms with Gasteiger partial charge in [0.05, 0.1) is 24.4 Å². The normalized spacial score (nSPS) is 16.4. The summed E-state index contributed by atoms with van der Waals surface area (Å²) in [7, 11) is 0. The molecule has 5 N–H and O–H groups in total. The number of aromatic nitrogens is 2. The van der Waals surface area contributed by atoms with Gasteiger partial charge in [-0.15, -0.1) is 0 Å². The number of dihydropyridines is 1. The summed E-state index contributed by atoms with van der Waals surface area (Å²) in [5.74, 6) is -0.0789. The lowest BCUT2D eigenvalue weighted by Crippen LogP contribution is -2.31. The van der Waals surface area contributed by atoms with Gasteiger partial charge in [-0.1, -0.05) is 30.4 Å². The van der Waals surface area contributed by atoms with Crippen LogP contribution in [0.1, 0.15) is 21.6 Å². The Hall–Kier alpha value is -4.08. The number of aryl methyl sites for hydroxylation is 1. The molecule has 1 aliphatic heterocycles. The number of carbonyl (C=O) groups excluding carboxylic acids is 1. The average molecular weight is 455 g/mol. The van der Waals surface area contributed by atoms with E-state index in [0.29, 0.717) is 16.9 Å². The second-order valence-electron chi connectivity index (χ2n) is 7.57. The first-order valence-electron chi connectivity index (χ1n) is 10.1. The Morgan fingerprint density at radius 3 is 2.82 bits per heavy atom. The van der Waals surface area contributed by atoms with Gasteiger partial charge in [0.2, 0.25) is 5.69 Å². The topological polar surface area (TPSA) is 99.4 Å². The van der Waals surface area contributed by atoms with Crippen molar-refractivity contribution in [1.29, 1.82) is 0 Å². The molecule has 1 unspecified atom stereocenters. The summed E-state index contributed by atoms with van der Waals surface area (Å²) in [6.07, 6.45) is 2.37. The van der Waals surface area contributed by atoms with Gasteiger partial charge in [-0.3, -0.25) is 9.79 Å². The van der Waals surface area contributed by atoms with E-state index in [0.717, 1.165) is 23.5 Å². The Morgan fingerprint density at radius 2 is 2.09 bits per heavy atom. The molecule has 3 heterocycles. The molecule has 33 heavy (non-hydrogen) atoms. The van der Waals surface area contributed by atoms with Crippen LogP contribution in [0.25, 0.3) is 5.65 Å². The van der Waals surface area contributed by atoms with E-state index in [9.17, 15) is 18.0 Å². The maximum atomic E-state index is 12.8. The number of imidazole rings is 1. The third-order valence-corrected chi connectivity index (χ3v) is 5.24. The number of aromatic amines is 1. The number of benzene rings is 1. The van der Waals surface area contributed by atoms with Crippen molar-refractivity contribution in [3.8, 4) is 0 Å². The molecule has 0 aliphatic carbocycles. The van der Waals surface area contributed by atoms with E-state index in [4.69, 9.17) is 5.73 Å². The number of alkyl halides is 3. The Bertz CT molecular complexity index is 1290. The second kappa shape index (κ2) is 8.81. The number of carbonyl (C=O) groups is 1. The number of H-pyrrole nitrogens is 1. The molecule has 4 rings (SSSR count). The van der Waals surface area contributed by atoms with Crippen LogP contribution in [-0.2, 0) is 0 Å². The number of rotatable bonds is 5. The maximum absolute atomic E-state index is 12.8. The Labute approximate surface area is 187 Å². The largest absolute Gasteiger partial charge is 0.417 e. The molecule has 1 aromatic carbocycles. The van der Waals surface area contributed by atoms with Crippen molar-refractivity contribution >= 4 is 23.1 Å². The van der Waals surface area contributed by atoms with Crippen molar-refractivity contribution < 1.29 is 22.4 Å². The van der Waals surface area contributed by atoms with Gasteiger partial charge in [0, 0.05) is 23.5 Å². The van der Waals surface area contributed by atoms with Gasteiger partial charge in [0.1, 0.15) is 12.0 Å². The molecular formula is C23H22F3N6O+. The van der Waals surface area contributed by atoms with Crippen LogP contribution in [0.15, 0.2) is 77.7 Å². The Morgan fingerprint density at radius 1 is 1.27 bits per heavy atom. The van der Waals surface area contributed by atoms with Crippen LogP contribution in [0.3, 0.4) is 0 Å². The van der Waals surface area contributed by atoms with Crippen molar-refractivity contribution in [1.82, 2.24) is 10.3 Å². The number of anilines is 1. The molecule has 0 fully saturated rings. The summed E-state index contributed by atoms with van der Waals surface area (Å²) in [6, 6.07) is 10.5. The number of hydrogen-bond acceptors (Lipinski definition) is 3. The maximum Gasteiger partial charge on any atom is 0.417 e. The minimum atomic E-state index is -4.40. The number of amides is 1. The fraction of sp³-hybridized carbons (Fsp3) is 0.174. The molecule has 170 valence electrons. The summed E-state index contributed by atoms with van der Waals surface area (Å²) in [5.41, 5.74) is 8.60. The number of fused-ring (bicyclic) bond motifs is 1. The standard InChI is InChI=1S/C23H21F3N6O/c1-14-5-6-15(21(27)30-12-17-8-7-16(11-28-17)23(24,25)26)10-18(14)31-22(33)19-13-29-20-4-2-3-9-32(19)20/h2-11,13,17,28H,12H2,1H3,(H3,27,30,31,33)/p+1. The van der Waals surface area contributed by atoms with Crippen molar-refractivity contribution in [2.75, 3.05) is 11.9 Å². The lowest BCUT2D eigenvalue weighted by molar-refractivity contribution is -0.512. The van der Waals surface area contributed by atoms with Gasteiger partial charge in [-0.05, 0) is 24.6 Å². The lowest BCUT2D eigenvalue weighted by atomic mass is 10.1. The van der Waals surface area contributed by atoms with Gasteiger partial charge in [0.15, 0.2) is 0 Å².